The monoisotopic (exact) mass is 615 g/mol. The molecule has 14 nitrogen and oxygen atoms in total. The third-order valence-corrected chi connectivity index (χ3v) is 9.16. The molecule has 0 radical (unpaired) electrons. The number of rotatable bonds is 7. The Balaban J connectivity index is 0.000000238. The molecule has 0 atom stereocenters. The summed E-state index contributed by atoms with van der Waals surface area (Å²) >= 11 is 0. The van der Waals surface area contributed by atoms with Crippen molar-refractivity contribution in [3.8, 4) is 23.1 Å². The lowest BCUT2D eigenvalue weighted by molar-refractivity contribution is -0.794. The maximum Gasteiger partial charge on any atom is 0.335 e. The number of hydrogen-bond donors (Lipinski definition) is 2. The second kappa shape index (κ2) is 12.9. The standard InChI is InChI=1S/C14H17N5O7S2.C12H12N2/c1-4-27(21,22)9-6-5-7-15-12(9)28(23,24)19-14(20)18-13-16-10(25-2)8-11(17-13)26-3;1-3-7-13-9-10-14-8-4-2-6-12(14)11(13)5-1/h5-8H,4H2,1-3H3,(H2,16,17,18,19,20);1-8H,9-10H2/q;+2. The molecule has 5 rings (SSSR count). The second-order valence-corrected chi connectivity index (χ2v) is 12.4. The van der Waals surface area contributed by atoms with Crippen molar-refractivity contribution >= 4 is 31.8 Å². The van der Waals surface area contributed by atoms with Crippen LogP contribution in [-0.4, -0.2) is 57.8 Å². The summed E-state index contributed by atoms with van der Waals surface area (Å²) in [5, 5.41) is 1.31. The lowest BCUT2D eigenvalue weighted by Crippen LogP contribution is -2.52. The quantitative estimate of drug-likeness (QED) is 0.287. The maximum absolute atomic E-state index is 12.5. The Kier molecular flexibility index (Phi) is 9.27. The molecule has 0 aliphatic carbocycles. The van der Waals surface area contributed by atoms with Crippen LogP contribution in [0.4, 0.5) is 10.7 Å². The summed E-state index contributed by atoms with van der Waals surface area (Å²) in [7, 11) is -5.85. The largest absolute Gasteiger partial charge is 0.481 e. The lowest BCUT2D eigenvalue weighted by atomic mass is 10.2. The van der Waals surface area contributed by atoms with Crippen LogP contribution in [0.1, 0.15) is 6.92 Å². The number of anilines is 1. The van der Waals surface area contributed by atoms with Gasteiger partial charge in [-0.05, 0) is 24.3 Å². The molecule has 2 amide bonds. The molecule has 0 saturated carbocycles. The van der Waals surface area contributed by atoms with Crippen LogP contribution in [0.5, 0.6) is 11.8 Å². The number of ether oxygens (including phenoxy) is 2. The van der Waals surface area contributed by atoms with E-state index in [1.54, 1.807) is 4.72 Å². The second-order valence-electron chi connectivity index (χ2n) is 8.60. The average Bonchev–Trinajstić information content (AvgIpc) is 3.00. The van der Waals surface area contributed by atoms with Crippen molar-refractivity contribution in [1.29, 1.82) is 0 Å². The lowest BCUT2D eigenvalue weighted by Gasteiger charge is -2.11. The Morgan fingerprint density at radius 3 is 1.98 bits per heavy atom. The number of methoxy groups -OCH3 is 2. The minimum Gasteiger partial charge on any atom is -0.481 e. The highest BCUT2D eigenvalue weighted by Gasteiger charge is 2.29. The summed E-state index contributed by atoms with van der Waals surface area (Å²) in [5.41, 5.74) is 2.61. The summed E-state index contributed by atoms with van der Waals surface area (Å²) < 4.78 is 65.3. The summed E-state index contributed by atoms with van der Waals surface area (Å²) in [6.45, 7) is 3.49. The van der Waals surface area contributed by atoms with Gasteiger partial charge in [0.25, 0.3) is 21.4 Å². The fourth-order valence-corrected chi connectivity index (χ4v) is 6.51. The summed E-state index contributed by atoms with van der Waals surface area (Å²) in [6, 6.07) is 15.2. The highest BCUT2D eigenvalue weighted by Crippen LogP contribution is 2.20. The van der Waals surface area contributed by atoms with Crippen LogP contribution in [0.3, 0.4) is 0 Å². The summed E-state index contributed by atoms with van der Waals surface area (Å²) in [6.07, 6.45) is 5.38. The maximum atomic E-state index is 12.5. The molecule has 0 aromatic carbocycles. The van der Waals surface area contributed by atoms with Gasteiger partial charge in [-0.25, -0.2) is 22.9 Å². The minimum absolute atomic E-state index is 0.0612. The van der Waals surface area contributed by atoms with E-state index in [1.165, 1.54) is 44.7 Å². The zero-order valence-electron chi connectivity index (χ0n) is 23.0. The number of fused-ring (bicyclic) bond motifs is 3. The van der Waals surface area contributed by atoms with Gasteiger partial charge >= 0.3 is 6.03 Å². The van der Waals surface area contributed by atoms with Crippen molar-refractivity contribution < 1.29 is 40.2 Å². The molecule has 16 heteroatoms. The molecule has 42 heavy (non-hydrogen) atoms. The molecule has 0 bridgehead atoms. The first kappa shape index (κ1) is 30.3. The number of amides is 2. The molecule has 0 spiro atoms. The third kappa shape index (κ3) is 6.95. The Morgan fingerprint density at radius 2 is 1.45 bits per heavy atom. The number of sulfone groups is 1. The molecule has 0 fully saturated rings. The Hall–Kier alpha value is -4.70. The highest BCUT2D eigenvalue weighted by molar-refractivity contribution is 7.93. The molecular weight excluding hydrogens is 586 g/mol. The van der Waals surface area contributed by atoms with Gasteiger partial charge in [0.05, 0.1) is 26.0 Å². The van der Waals surface area contributed by atoms with Crippen molar-refractivity contribution in [2.75, 3.05) is 25.3 Å². The SMILES string of the molecule is CCS(=O)(=O)c1cccnc1S(=O)(=O)NC(=O)Nc1nc(OC)cc(OC)n1.c1cc[n+]2c(c1)-c1cccc[n+]1CC2. The smallest absolute Gasteiger partial charge is 0.335 e. The topological polar surface area (TPSA) is 174 Å². The van der Waals surface area contributed by atoms with Crippen LogP contribution < -0.4 is 28.6 Å². The van der Waals surface area contributed by atoms with Crippen molar-refractivity contribution in [3.05, 3.63) is 73.2 Å². The van der Waals surface area contributed by atoms with E-state index in [-0.39, 0.29) is 23.5 Å². The van der Waals surface area contributed by atoms with Crippen LogP contribution >= 0.6 is 0 Å². The van der Waals surface area contributed by atoms with Gasteiger partial charge in [-0.3, -0.25) is 5.32 Å². The van der Waals surface area contributed by atoms with E-state index >= 15 is 0 Å². The van der Waals surface area contributed by atoms with E-state index in [1.807, 2.05) is 0 Å². The van der Waals surface area contributed by atoms with E-state index < -0.39 is 35.8 Å². The zero-order valence-corrected chi connectivity index (χ0v) is 24.6. The number of hydrogen-bond acceptors (Lipinski definition) is 10. The highest BCUT2D eigenvalue weighted by atomic mass is 32.2. The van der Waals surface area contributed by atoms with E-state index in [2.05, 4.69) is 78.2 Å². The van der Waals surface area contributed by atoms with E-state index in [4.69, 9.17) is 9.47 Å². The van der Waals surface area contributed by atoms with Gasteiger partial charge in [0.2, 0.25) is 30.8 Å². The first-order valence-electron chi connectivity index (χ1n) is 12.5. The molecule has 1 aliphatic heterocycles. The number of aromatic nitrogens is 5. The van der Waals surface area contributed by atoms with Crippen LogP contribution in [0.15, 0.2) is 83.1 Å². The number of nitrogens with zero attached hydrogens (tertiary/aromatic N) is 5. The number of nitrogens with one attached hydrogen (secondary N) is 2. The first-order chi connectivity index (χ1) is 20.1. The Labute approximate surface area is 243 Å². The van der Waals surface area contributed by atoms with Crippen LogP contribution in [0.2, 0.25) is 0 Å². The van der Waals surface area contributed by atoms with E-state index in [0.29, 0.717) is 0 Å². The molecule has 4 aromatic heterocycles. The Morgan fingerprint density at radius 1 is 0.881 bits per heavy atom. The normalized spacial score (nSPS) is 12.1. The molecule has 220 valence electrons. The fraction of sp³-hybridized carbons (Fsp3) is 0.231. The van der Waals surface area contributed by atoms with Gasteiger partial charge in [0.15, 0.2) is 27.3 Å². The number of pyridine rings is 3. The first-order valence-corrected chi connectivity index (χ1v) is 15.7. The van der Waals surface area contributed by atoms with Gasteiger partial charge in [0, 0.05) is 30.5 Å². The number of sulfonamides is 1. The predicted octanol–water partition coefficient (Wildman–Crippen LogP) is 1.14. The van der Waals surface area contributed by atoms with Crippen molar-refractivity contribution in [2.24, 2.45) is 0 Å². The van der Waals surface area contributed by atoms with Crippen molar-refractivity contribution in [3.63, 3.8) is 0 Å². The number of carbonyl (C=O) groups is 1. The number of carbonyl (C=O) groups excluding carboxylic acids is 1. The molecule has 0 unspecified atom stereocenters. The third-order valence-electron chi connectivity index (χ3n) is 5.98. The summed E-state index contributed by atoms with van der Waals surface area (Å²) in [4.78, 5) is 22.8. The molecule has 0 saturated heterocycles. The Bertz CT molecular complexity index is 1750. The number of aryl methyl sites for hydroxylation is 2. The van der Waals surface area contributed by atoms with Crippen LogP contribution in [-0.2, 0) is 33.0 Å². The van der Waals surface area contributed by atoms with Crippen molar-refractivity contribution in [2.45, 2.75) is 29.9 Å². The van der Waals surface area contributed by atoms with Gasteiger partial charge in [0.1, 0.15) is 4.90 Å². The van der Waals surface area contributed by atoms with Crippen LogP contribution in [0, 0.1) is 0 Å². The minimum atomic E-state index is -4.61. The molecule has 4 aromatic rings. The molecule has 1 aliphatic rings. The molecule has 2 N–H and O–H groups in total. The fourth-order valence-electron chi connectivity index (χ4n) is 3.96. The van der Waals surface area contributed by atoms with Gasteiger partial charge in [-0.1, -0.05) is 6.92 Å². The van der Waals surface area contributed by atoms with Crippen molar-refractivity contribution in [1.82, 2.24) is 19.7 Å². The van der Waals surface area contributed by atoms with Crippen LogP contribution in [0.25, 0.3) is 11.4 Å². The van der Waals surface area contributed by atoms with Gasteiger partial charge in [-0.2, -0.15) is 27.5 Å². The molecule has 5 heterocycles. The molecular formula is C26H29N7O7S2+2. The summed E-state index contributed by atoms with van der Waals surface area (Å²) in [5.74, 6) is -0.520. The van der Waals surface area contributed by atoms with Gasteiger partial charge < -0.3 is 9.47 Å². The van der Waals surface area contributed by atoms with Gasteiger partial charge in [-0.15, -0.1) is 0 Å². The van der Waals surface area contributed by atoms with E-state index in [9.17, 15) is 21.6 Å². The zero-order chi connectivity index (χ0) is 30.3. The van der Waals surface area contributed by atoms with E-state index in [0.717, 1.165) is 25.4 Å². The number of urea groups is 1. The average molecular weight is 616 g/mol. The predicted molar refractivity (Wildman–Crippen MR) is 149 cm³/mol.